The van der Waals surface area contributed by atoms with Gasteiger partial charge in [-0.3, -0.25) is 14.7 Å². The van der Waals surface area contributed by atoms with Crippen LogP contribution in [-0.4, -0.2) is 142 Å². The number of carbonyl (C=O) groups excluding carboxylic acids is 1. The van der Waals surface area contributed by atoms with Gasteiger partial charge in [0, 0.05) is 70.2 Å². The Morgan fingerprint density at radius 3 is 2.38 bits per heavy atom. The largest absolute Gasteiger partial charge is 0.508 e. The molecule has 65 heavy (non-hydrogen) atoms. The van der Waals surface area contributed by atoms with Gasteiger partial charge in [-0.1, -0.05) is 13.0 Å². The van der Waals surface area contributed by atoms with Gasteiger partial charge in [-0.25, -0.2) is 4.98 Å². The van der Waals surface area contributed by atoms with E-state index >= 15 is 0 Å². The third-order valence-corrected chi connectivity index (χ3v) is 16.5. The summed E-state index contributed by atoms with van der Waals surface area (Å²) in [5.41, 5.74) is 2.48. The number of amides is 1. The fourth-order valence-electron chi connectivity index (χ4n) is 12.7. The molecule has 1 aromatic heterocycles. The Labute approximate surface area is 379 Å². The number of aryl methyl sites for hydroxylation is 1. The van der Waals surface area contributed by atoms with Crippen molar-refractivity contribution in [1.82, 2.24) is 25.1 Å². The summed E-state index contributed by atoms with van der Waals surface area (Å²) in [4.78, 5) is 27.4. The van der Waals surface area contributed by atoms with Gasteiger partial charge in [0.2, 0.25) is 0 Å². The minimum absolute atomic E-state index is 0.000794. The van der Waals surface area contributed by atoms with E-state index in [2.05, 4.69) is 48.3 Å². The van der Waals surface area contributed by atoms with Crippen LogP contribution in [0.3, 0.4) is 0 Å². The predicted octanol–water partition coefficient (Wildman–Crippen LogP) is 5.43. The third kappa shape index (κ3) is 9.71. The summed E-state index contributed by atoms with van der Waals surface area (Å²) in [5.74, 6) is 2.27. The van der Waals surface area contributed by atoms with Gasteiger partial charge >= 0.3 is 6.18 Å². The van der Waals surface area contributed by atoms with Gasteiger partial charge in [-0.2, -0.15) is 13.2 Å². The maximum Gasteiger partial charge on any atom is 0.434 e. The van der Waals surface area contributed by atoms with Crippen LogP contribution in [0.15, 0.2) is 54.9 Å². The summed E-state index contributed by atoms with van der Waals surface area (Å²) in [7, 11) is 0. The van der Waals surface area contributed by atoms with Gasteiger partial charge in [0.05, 0.1) is 36.7 Å². The number of piperidine rings is 1. The van der Waals surface area contributed by atoms with Crippen molar-refractivity contribution in [2.45, 2.75) is 113 Å². The molecule has 3 aliphatic heterocycles. The van der Waals surface area contributed by atoms with E-state index < -0.39 is 41.8 Å². The molecule has 9 rings (SSSR count). The topological polar surface area (TPSA) is 167 Å². The molecule has 0 spiro atoms. The lowest BCUT2D eigenvalue weighted by atomic mass is 9.53. The highest BCUT2D eigenvalue weighted by Gasteiger charge is 2.61. The van der Waals surface area contributed by atoms with Crippen LogP contribution in [0, 0.1) is 23.2 Å². The molecule has 9 atom stereocenters. The summed E-state index contributed by atoms with van der Waals surface area (Å²) < 4.78 is 45.1. The van der Waals surface area contributed by atoms with Gasteiger partial charge in [0.25, 0.3) is 5.91 Å². The Balaban J connectivity index is 0.661. The fraction of sp³-hybridized carbons (Fsp3) is 0.653. The number of aromatic hydroxyl groups is 1. The van der Waals surface area contributed by atoms with Crippen molar-refractivity contribution in [2.75, 3.05) is 75.7 Å². The zero-order valence-corrected chi connectivity index (χ0v) is 37.4. The average Bonchev–Trinajstić information content (AvgIpc) is 3.57. The van der Waals surface area contributed by atoms with E-state index in [9.17, 15) is 38.4 Å². The van der Waals surface area contributed by atoms with E-state index in [-0.39, 0.29) is 23.7 Å². The SMILES string of the molecule is C[C@]12CC[C@@H]3c4ccc(O)cc4CC[C@H]3[C@@H]1CC[C@@]2(O)CCCNC(=O)c1ccc(N2CCC(CN3CCN(C[C@H]4OC[C@H](Nc5cncc(C(F)(F)F)n5)[C@@H](O)[C@H]4O)CC3)CC2)cc1. The fourth-order valence-corrected chi connectivity index (χ4v) is 12.7. The normalized spacial score (nSPS) is 32.4. The van der Waals surface area contributed by atoms with Gasteiger partial charge in [0.15, 0.2) is 5.69 Å². The maximum atomic E-state index is 13.2. The molecule has 354 valence electrons. The Morgan fingerprint density at radius 2 is 1.65 bits per heavy atom. The van der Waals surface area contributed by atoms with Crippen LogP contribution >= 0.6 is 0 Å². The van der Waals surface area contributed by atoms with Gasteiger partial charge in [-0.15, -0.1) is 0 Å². The summed E-state index contributed by atoms with van der Waals surface area (Å²) in [5, 5.41) is 49.7. The first-order chi connectivity index (χ1) is 31.2. The van der Waals surface area contributed by atoms with Crippen molar-refractivity contribution in [3.05, 3.63) is 77.2 Å². The highest BCUT2D eigenvalue weighted by atomic mass is 19.4. The van der Waals surface area contributed by atoms with E-state index in [4.69, 9.17) is 4.74 Å². The second-order valence-electron chi connectivity index (χ2n) is 20.2. The zero-order chi connectivity index (χ0) is 45.5. The van der Waals surface area contributed by atoms with Crippen molar-refractivity contribution in [3.63, 3.8) is 0 Å². The minimum atomic E-state index is -4.65. The Kier molecular flexibility index (Phi) is 13.4. The van der Waals surface area contributed by atoms with Gasteiger partial charge < -0.3 is 45.6 Å². The van der Waals surface area contributed by atoms with Gasteiger partial charge in [0.1, 0.15) is 23.8 Å². The van der Waals surface area contributed by atoms with Crippen molar-refractivity contribution in [3.8, 4) is 5.75 Å². The van der Waals surface area contributed by atoms with Crippen LogP contribution in [0.4, 0.5) is 24.7 Å². The molecular weight excluding hydrogens is 840 g/mol. The summed E-state index contributed by atoms with van der Waals surface area (Å²) in [6.07, 6.45) is 3.66. The van der Waals surface area contributed by atoms with Crippen LogP contribution in [0.1, 0.15) is 97.8 Å². The molecule has 5 fully saturated rings. The van der Waals surface area contributed by atoms with Crippen LogP contribution in [0.5, 0.6) is 5.75 Å². The quantitative estimate of drug-likeness (QED) is 0.128. The zero-order valence-electron chi connectivity index (χ0n) is 37.4. The number of halogens is 3. The lowest BCUT2D eigenvalue weighted by molar-refractivity contribution is -0.148. The number of piperazine rings is 1. The van der Waals surface area contributed by atoms with Crippen LogP contribution in [-0.2, 0) is 17.3 Å². The molecule has 3 saturated heterocycles. The molecule has 0 unspecified atom stereocenters. The molecule has 2 aromatic carbocycles. The van der Waals surface area contributed by atoms with Crippen LogP contribution < -0.4 is 15.5 Å². The Morgan fingerprint density at radius 1 is 0.908 bits per heavy atom. The first-order valence-electron chi connectivity index (χ1n) is 23.9. The molecule has 16 heteroatoms. The first-order valence-corrected chi connectivity index (χ1v) is 23.9. The number of carbonyl (C=O) groups is 1. The number of alkyl halides is 3. The lowest BCUT2D eigenvalue weighted by Gasteiger charge is -2.53. The number of aliphatic hydroxyl groups excluding tert-OH is 2. The molecule has 2 saturated carbocycles. The second-order valence-corrected chi connectivity index (χ2v) is 20.2. The number of phenols is 1. The highest BCUT2D eigenvalue weighted by molar-refractivity contribution is 5.94. The molecule has 3 aliphatic carbocycles. The molecule has 6 aliphatic rings. The second kappa shape index (κ2) is 18.9. The first kappa shape index (κ1) is 46.1. The Hall–Kier alpha value is -4.06. The highest BCUT2D eigenvalue weighted by Crippen LogP contribution is 2.65. The molecule has 13 nitrogen and oxygen atoms in total. The molecule has 3 aromatic rings. The third-order valence-electron chi connectivity index (χ3n) is 16.5. The maximum absolute atomic E-state index is 13.2. The van der Waals surface area contributed by atoms with Crippen molar-refractivity contribution in [2.24, 2.45) is 23.2 Å². The summed E-state index contributed by atoms with van der Waals surface area (Å²) >= 11 is 0. The van der Waals surface area contributed by atoms with Crippen molar-refractivity contribution in [1.29, 1.82) is 0 Å². The number of phenolic OH excluding ortho intramolecular Hbond substituents is 1. The number of hydrogen-bond acceptors (Lipinski definition) is 12. The molecule has 0 bridgehead atoms. The van der Waals surface area contributed by atoms with E-state index in [0.29, 0.717) is 60.7 Å². The molecule has 6 N–H and O–H groups in total. The number of rotatable bonds is 12. The number of hydrogen-bond donors (Lipinski definition) is 6. The number of ether oxygens (including phenoxy) is 1. The summed E-state index contributed by atoms with van der Waals surface area (Å²) in [6, 6.07) is 13.0. The standard InChI is InChI=1S/C49H66F3N7O6/c1-47-16-11-37-36-10-8-35(60)25-33(36)5-9-38(37)39(47)12-17-48(47,64)15-2-18-54-46(63)32-3-6-34(7-4-32)59-19-13-31(14-20-59)28-57-21-23-58(24-22-57)29-41-45(62)44(61)40(30-65-41)55-43-27-53-26-42(56-43)49(50,51)52/h3-4,6-8,10,25-27,31,37-41,44-45,60-62,64H,2,5,9,11-24,28-30H2,1H3,(H,54,63)(H,55,56)/t37-,38-,39+,40+,41-,44-,45+,47+,48+/m1/s1. The number of aliphatic hydroxyl groups is 3. The monoisotopic (exact) mass is 906 g/mol. The number of anilines is 2. The predicted molar refractivity (Wildman–Crippen MR) is 240 cm³/mol. The average molecular weight is 906 g/mol. The molecular formula is C49H66F3N7O6. The van der Waals surface area contributed by atoms with Crippen LogP contribution in [0.25, 0.3) is 0 Å². The van der Waals surface area contributed by atoms with E-state index in [0.717, 1.165) is 115 Å². The lowest BCUT2D eigenvalue weighted by Crippen LogP contribution is -2.59. The number of fused-ring (bicyclic) bond motifs is 5. The number of nitrogens with one attached hydrogen (secondary N) is 2. The van der Waals surface area contributed by atoms with E-state index in [1.165, 1.54) is 11.1 Å². The van der Waals surface area contributed by atoms with Crippen molar-refractivity contribution >= 4 is 17.4 Å². The number of aromatic nitrogens is 2. The van der Waals surface area contributed by atoms with E-state index in [1.807, 2.05) is 36.4 Å². The Bertz CT molecular complexity index is 2120. The summed E-state index contributed by atoms with van der Waals surface area (Å²) in [6.45, 7) is 9.60. The minimum Gasteiger partial charge on any atom is -0.508 e. The van der Waals surface area contributed by atoms with E-state index in [1.54, 1.807) is 0 Å². The molecule has 4 heterocycles. The van der Waals surface area contributed by atoms with Gasteiger partial charge in [-0.05, 0) is 141 Å². The number of benzene rings is 2. The molecule has 1 amide bonds. The number of nitrogens with zero attached hydrogens (tertiary/aromatic N) is 5. The smallest absolute Gasteiger partial charge is 0.434 e. The van der Waals surface area contributed by atoms with Crippen LogP contribution in [0.2, 0.25) is 0 Å². The molecule has 0 radical (unpaired) electrons. The van der Waals surface area contributed by atoms with Crippen molar-refractivity contribution < 1.29 is 43.1 Å².